The Balaban J connectivity index is 1.88. The highest BCUT2D eigenvalue weighted by atomic mass is 16.5. The van der Waals surface area contributed by atoms with Crippen molar-refractivity contribution in [1.82, 2.24) is 4.90 Å². The van der Waals surface area contributed by atoms with E-state index in [0.717, 1.165) is 38.2 Å². The van der Waals surface area contributed by atoms with Gasteiger partial charge in [0.05, 0.1) is 12.5 Å². The number of ether oxygens (including phenoxy) is 1. The molecule has 2 fully saturated rings. The van der Waals surface area contributed by atoms with Gasteiger partial charge in [-0.3, -0.25) is 4.79 Å². The summed E-state index contributed by atoms with van der Waals surface area (Å²) in [6.45, 7) is 3.50. The molecule has 2 aliphatic heterocycles. The summed E-state index contributed by atoms with van der Waals surface area (Å²) in [6.07, 6.45) is 2.15. The van der Waals surface area contributed by atoms with Crippen LogP contribution in [0.4, 0.5) is 5.69 Å². The molecule has 0 radical (unpaired) electrons. The van der Waals surface area contributed by atoms with Crippen LogP contribution in [0.3, 0.4) is 0 Å². The van der Waals surface area contributed by atoms with E-state index < -0.39 is 0 Å². The lowest BCUT2D eigenvalue weighted by molar-refractivity contribution is -0.125. The third kappa shape index (κ3) is 2.58. The van der Waals surface area contributed by atoms with Crippen molar-refractivity contribution in [3.05, 3.63) is 30.3 Å². The van der Waals surface area contributed by atoms with Crippen molar-refractivity contribution in [2.45, 2.75) is 12.8 Å². The molecule has 0 saturated carbocycles. The Hall–Kier alpha value is -1.39. The first kappa shape index (κ1) is 14.5. The van der Waals surface area contributed by atoms with Crippen molar-refractivity contribution in [2.75, 3.05) is 45.3 Å². The van der Waals surface area contributed by atoms with E-state index in [1.807, 2.05) is 35.2 Å². The Morgan fingerprint density at radius 2 is 1.90 bits per heavy atom. The van der Waals surface area contributed by atoms with Crippen LogP contribution < -0.4 is 4.90 Å². The second-order valence-electron chi connectivity index (χ2n) is 6.43. The van der Waals surface area contributed by atoms with Gasteiger partial charge in [0.1, 0.15) is 0 Å². The van der Waals surface area contributed by atoms with Crippen LogP contribution in [0.1, 0.15) is 12.8 Å². The molecule has 0 unspecified atom stereocenters. The van der Waals surface area contributed by atoms with Gasteiger partial charge in [-0.2, -0.15) is 0 Å². The van der Waals surface area contributed by atoms with Crippen molar-refractivity contribution >= 4 is 11.6 Å². The van der Waals surface area contributed by atoms with Gasteiger partial charge in [0, 0.05) is 24.8 Å². The van der Waals surface area contributed by atoms with E-state index in [4.69, 9.17) is 4.74 Å². The summed E-state index contributed by atoms with van der Waals surface area (Å²) in [5.74, 6) is 0.226. The van der Waals surface area contributed by atoms with E-state index in [0.29, 0.717) is 6.61 Å². The number of para-hydroxylation sites is 1. The van der Waals surface area contributed by atoms with Gasteiger partial charge in [-0.05, 0) is 45.1 Å². The number of carbonyl (C=O) groups is 1. The molecule has 2 saturated heterocycles. The number of likely N-dealkylation sites (tertiary alicyclic amines) is 1. The first-order valence-corrected chi connectivity index (χ1v) is 7.70. The lowest BCUT2D eigenvalue weighted by Gasteiger charge is -2.40. The van der Waals surface area contributed by atoms with E-state index in [-0.39, 0.29) is 17.2 Å². The average molecular weight is 288 g/mol. The fourth-order valence-corrected chi connectivity index (χ4v) is 3.76. The van der Waals surface area contributed by atoms with Gasteiger partial charge in [-0.1, -0.05) is 18.2 Å². The zero-order chi connectivity index (χ0) is 14.9. The number of methoxy groups -OCH3 is 1. The minimum atomic E-state index is -0.00333. The SMILES string of the molecule is COC[C@@H]1C(=O)N(c2ccccc2)CC12CCN(C)CC2. The Morgan fingerprint density at radius 1 is 1.24 bits per heavy atom. The first-order valence-electron chi connectivity index (χ1n) is 7.70. The Labute approximate surface area is 126 Å². The molecule has 4 heteroatoms. The second-order valence-corrected chi connectivity index (χ2v) is 6.43. The molecule has 1 aromatic carbocycles. The van der Waals surface area contributed by atoms with Gasteiger partial charge < -0.3 is 14.5 Å². The van der Waals surface area contributed by atoms with E-state index in [2.05, 4.69) is 11.9 Å². The van der Waals surface area contributed by atoms with Crippen LogP contribution in [0.5, 0.6) is 0 Å². The number of benzene rings is 1. The van der Waals surface area contributed by atoms with Crippen molar-refractivity contribution in [3.8, 4) is 0 Å². The van der Waals surface area contributed by atoms with Gasteiger partial charge in [-0.25, -0.2) is 0 Å². The maximum Gasteiger partial charge on any atom is 0.233 e. The highest BCUT2D eigenvalue weighted by Gasteiger charge is 2.53. The average Bonchev–Trinajstić information content (AvgIpc) is 2.78. The van der Waals surface area contributed by atoms with Crippen LogP contribution in [0, 0.1) is 11.3 Å². The normalized spacial score (nSPS) is 25.7. The van der Waals surface area contributed by atoms with Crippen LogP contribution in [-0.4, -0.2) is 51.2 Å². The third-order valence-corrected chi connectivity index (χ3v) is 5.16. The van der Waals surface area contributed by atoms with Gasteiger partial charge in [0.15, 0.2) is 0 Å². The van der Waals surface area contributed by atoms with Crippen LogP contribution in [0.25, 0.3) is 0 Å². The maximum atomic E-state index is 12.9. The Morgan fingerprint density at radius 3 is 2.52 bits per heavy atom. The predicted molar refractivity (Wildman–Crippen MR) is 83.3 cm³/mol. The standard InChI is InChI=1S/C17H24N2O2/c1-18-10-8-17(9-11-18)13-19(14-6-4-3-5-7-14)16(20)15(17)12-21-2/h3-7,15H,8-13H2,1-2H3/t15-/m1/s1. The monoisotopic (exact) mass is 288 g/mol. The molecule has 4 nitrogen and oxygen atoms in total. The van der Waals surface area contributed by atoms with Gasteiger partial charge >= 0.3 is 0 Å². The summed E-state index contributed by atoms with van der Waals surface area (Å²) in [5, 5.41) is 0. The van der Waals surface area contributed by atoms with Crippen molar-refractivity contribution in [3.63, 3.8) is 0 Å². The van der Waals surface area contributed by atoms with E-state index >= 15 is 0 Å². The minimum absolute atomic E-state index is 0.00333. The van der Waals surface area contributed by atoms with Crippen molar-refractivity contribution < 1.29 is 9.53 Å². The molecule has 3 rings (SSSR count). The molecule has 1 atom stereocenters. The highest BCUT2D eigenvalue weighted by Crippen LogP contribution is 2.46. The topological polar surface area (TPSA) is 32.8 Å². The number of amides is 1. The Kier molecular flexibility index (Phi) is 4.00. The lowest BCUT2D eigenvalue weighted by atomic mass is 9.71. The minimum Gasteiger partial charge on any atom is -0.384 e. The molecule has 1 amide bonds. The summed E-state index contributed by atoms with van der Waals surface area (Å²) in [4.78, 5) is 17.2. The molecule has 0 aliphatic carbocycles. The molecule has 1 spiro atoms. The number of hydrogen-bond donors (Lipinski definition) is 0. The summed E-state index contributed by atoms with van der Waals surface area (Å²) in [6, 6.07) is 10.0. The Bertz CT molecular complexity index is 495. The zero-order valence-electron chi connectivity index (χ0n) is 12.9. The molecular weight excluding hydrogens is 264 g/mol. The van der Waals surface area contributed by atoms with Crippen LogP contribution >= 0.6 is 0 Å². The quantitative estimate of drug-likeness (QED) is 0.853. The molecule has 2 aliphatic rings. The third-order valence-electron chi connectivity index (χ3n) is 5.16. The fourth-order valence-electron chi connectivity index (χ4n) is 3.76. The first-order chi connectivity index (χ1) is 10.2. The van der Waals surface area contributed by atoms with Gasteiger partial charge in [0.25, 0.3) is 0 Å². The van der Waals surface area contributed by atoms with E-state index in [1.165, 1.54) is 0 Å². The predicted octanol–water partition coefficient (Wildman–Crippen LogP) is 2.01. The molecule has 0 bridgehead atoms. The molecule has 0 N–H and O–H groups in total. The van der Waals surface area contributed by atoms with E-state index in [9.17, 15) is 4.79 Å². The van der Waals surface area contributed by atoms with Gasteiger partial charge in [0.2, 0.25) is 5.91 Å². The van der Waals surface area contributed by atoms with Crippen molar-refractivity contribution in [2.24, 2.45) is 11.3 Å². The summed E-state index contributed by atoms with van der Waals surface area (Å²) >= 11 is 0. The van der Waals surface area contributed by atoms with Crippen LogP contribution in [0.15, 0.2) is 30.3 Å². The smallest absolute Gasteiger partial charge is 0.233 e. The number of rotatable bonds is 3. The van der Waals surface area contributed by atoms with Crippen LogP contribution in [0.2, 0.25) is 0 Å². The van der Waals surface area contributed by atoms with E-state index in [1.54, 1.807) is 7.11 Å². The summed E-state index contributed by atoms with van der Waals surface area (Å²) in [7, 11) is 3.85. The second kappa shape index (κ2) is 5.78. The zero-order valence-corrected chi connectivity index (χ0v) is 12.9. The highest BCUT2D eigenvalue weighted by molar-refractivity contribution is 5.98. The maximum absolute atomic E-state index is 12.9. The molecular formula is C17H24N2O2. The number of carbonyl (C=O) groups excluding carboxylic acids is 1. The molecule has 2 heterocycles. The van der Waals surface area contributed by atoms with Gasteiger partial charge in [-0.15, -0.1) is 0 Å². The molecule has 21 heavy (non-hydrogen) atoms. The summed E-state index contributed by atoms with van der Waals surface area (Å²) < 4.78 is 5.37. The number of piperidine rings is 1. The molecule has 114 valence electrons. The number of anilines is 1. The van der Waals surface area contributed by atoms with Crippen LogP contribution in [-0.2, 0) is 9.53 Å². The summed E-state index contributed by atoms with van der Waals surface area (Å²) in [5.41, 5.74) is 1.09. The lowest BCUT2D eigenvalue weighted by Crippen LogP contribution is -2.44. The fraction of sp³-hybridized carbons (Fsp3) is 0.588. The number of hydrogen-bond acceptors (Lipinski definition) is 3. The molecule has 0 aromatic heterocycles. The largest absolute Gasteiger partial charge is 0.384 e. The molecule has 1 aromatic rings. The number of nitrogens with zero attached hydrogens (tertiary/aromatic N) is 2. The van der Waals surface area contributed by atoms with Crippen molar-refractivity contribution in [1.29, 1.82) is 0 Å².